The molecule has 0 saturated heterocycles. The Labute approximate surface area is 128 Å². The van der Waals surface area contributed by atoms with Crippen LogP contribution in [0.3, 0.4) is 0 Å². The summed E-state index contributed by atoms with van der Waals surface area (Å²) >= 11 is 7.58. The Hall–Kier alpha value is 0.180. The quantitative estimate of drug-likeness (QED) is 0.531. The van der Waals surface area contributed by atoms with Crippen molar-refractivity contribution in [3.05, 3.63) is 33.3 Å². The molecule has 1 unspecified atom stereocenters. The van der Waals surface area contributed by atoms with Crippen LogP contribution in [0.25, 0.3) is 0 Å². The Morgan fingerprint density at radius 2 is 1.67 bits per heavy atom. The van der Waals surface area contributed by atoms with Gasteiger partial charge in [-0.05, 0) is 61.3 Å². The van der Waals surface area contributed by atoms with Crippen LogP contribution in [0.5, 0.6) is 0 Å². The summed E-state index contributed by atoms with van der Waals surface area (Å²) in [4.78, 5) is 0.525. The van der Waals surface area contributed by atoms with Crippen LogP contribution in [0, 0.1) is 25.7 Å². The van der Waals surface area contributed by atoms with Gasteiger partial charge in [-0.25, -0.2) is 0 Å². The van der Waals surface area contributed by atoms with E-state index >= 15 is 0 Å². The zero-order valence-corrected chi connectivity index (χ0v) is 14.6. The fourth-order valence-electron chi connectivity index (χ4n) is 2.93. The van der Waals surface area contributed by atoms with Gasteiger partial charge in [-0.15, -0.1) is 0 Å². The van der Waals surface area contributed by atoms with Crippen molar-refractivity contribution in [2.24, 2.45) is 11.8 Å². The van der Waals surface area contributed by atoms with E-state index in [0.29, 0.717) is 4.83 Å². The summed E-state index contributed by atoms with van der Waals surface area (Å²) in [5.41, 5.74) is 4.22. The molecule has 2 heteroatoms. The molecule has 0 aliphatic heterocycles. The minimum atomic E-state index is 0.525. The molecule has 0 N–H and O–H groups in total. The Balaban J connectivity index is 2.18. The Kier molecular flexibility index (Phi) is 4.93. The van der Waals surface area contributed by atoms with Crippen LogP contribution in [0.4, 0.5) is 0 Å². The summed E-state index contributed by atoms with van der Waals surface area (Å²) < 4.78 is 1.22. The van der Waals surface area contributed by atoms with E-state index < -0.39 is 0 Å². The van der Waals surface area contributed by atoms with Gasteiger partial charge in [-0.1, -0.05) is 57.7 Å². The van der Waals surface area contributed by atoms with E-state index in [1.807, 2.05) is 0 Å². The van der Waals surface area contributed by atoms with Crippen LogP contribution in [0.15, 0.2) is 16.6 Å². The van der Waals surface area contributed by atoms with Crippen molar-refractivity contribution in [2.45, 2.75) is 51.3 Å². The van der Waals surface area contributed by atoms with Gasteiger partial charge in [0.15, 0.2) is 0 Å². The first-order valence-corrected chi connectivity index (χ1v) is 8.60. The average Bonchev–Trinajstić information content (AvgIpc) is 2.34. The van der Waals surface area contributed by atoms with Crippen LogP contribution < -0.4 is 0 Å². The van der Waals surface area contributed by atoms with E-state index in [1.165, 1.54) is 46.8 Å². The molecule has 1 fully saturated rings. The second kappa shape index (κ2) is 6.09. The first kappa shape index (κ1) is 14.6. The van der Waals surface area contributed by atoms with Crippen LogP contribution in [0.2, 0.25) is 0 Å². The van der Waals surface area contributed by atoms with Crippen molar-refractivity contribution in [1.29, 1.82) is 0 Å². The molecule has 100 valence electrons. The third kappa shape index (κ3) is 3.19. The number of hydrogen-bond acceptors (Lipinski definition) is 0. The lowest BCUT2D eigenvalue weighted by atomic mass is 9.79. The number of alkyl halides is 1. The van der Waals surface area contributed by atoms with Crippen molar-refractivity contribution < 1.29 is 0 Å². The summed E-state index contributed by atoms with van der Waals surface area (Å²) in [6.07, 6.45) is 5.51. The SMILES string of the molecule is Cc1cc(C(Br)C2CCC(C)CC2)c(C)cc1Br. The van der Waals surface area contributed by atoms with Crippen molar-refractivity contribution in [2.75, 3.05) is 0 Å². The van der Waals surface area contributed by atoms with Crippen molar-refractivity contribution >= 4 is 31.9 Å². The van der Waals surface area contributed by atoms with Gasteiger partial charge in [0.25, 0.3) is 0 Å². The molecule has 1 aliphatic carbocycles. The molecule has 0 radical (unpaired) electrons. The summed E-state index contributed by atoms with van der Waals surface area (Å²) in [5.74, 6) is 1.73. The van der Waals surface area contributed by atoms with E-state index in [0.717, 1.165) is 11.8 Å². The lowest BCUT2D eigenvalue weighted by Crippen LogP contribution is -2.17. The molecule has 0 aromatic heterocycles. The average molecular weight is 374 g/mol. The van der Waals surface area contributed by atoms with Gasteiger partial charge in [0, 0.05) is 9.30 Å². The predicted octanol–water partition coefficient (Wildman–Crippen LogP) is 6.33. The Morgan fingerprint density at radius 3 is 2.28 bits per heavy atom. The zero-order valence-electron chi connectivity index (χ0n) is 11.5. The molecule has 1 atom stereocenters. The zero-order chi connectivity index (χ0) is 13.3. The third-order valence-corrected chi connectivity index (χ3v) is 6.41. The van der Waals surface area contributed by atoms with E-state index in [2.05, 4.69) is 64.8 Å². The fourth-order valence-corrected chi connectivity index (χ4v) is 4.41. The van der Waals surface area contributed by atoms with Gasteiger partial charge < -0.3 is 0 Å². The van der Waals surface area contributed by atoms with Crippen molar-refractivity contribution in [3.8, 4) is 0 Å². The van der Waals surface area contributed by atoms with Gasteiger partial charge in [-0.3, -0.25) is 0 Å². The standard InChI is InChI=1S/C16H22Br2/c1-10-4-6-13(7-5-10)16(18)14-8-12(3)15(17)9-11(14)2/h8-10,13,16H,4-7H2,1-3H3. The van der Waals surface area contributed by atoms with Gasteiger partial charge >= 0.3 is 0 Å². The highest BCUT2D eigenvalue weighted by Gasteiger charge is 2.26. The van der Waals surface area contributed by atoms with Crippen LogP contribution >= 0.6 is 31.9 Å². The maximum atomic E-state index is 3.96. The molecule has 1 aromatic rings. The molecule has 1 aromatic carbocycles. The molecule has 0 heterocycles. The minimum absolute atomic E-state index is 0.525. The molecule has 0 amide bonds. The Morgan fingerprint density at radius 1 is 1.06 bits per heavy atom. The number of benzene rings is 1. The van der Waals surface area contributed by atoms with Crippen molar-refractivity contribution in [1.82, 2.24) is 0 Å². The summed E-state index contributed by atoms with van der Waals surface area (Å²) in [5, 5.41) is 0. The van der Waals surface area contributed by atoms with Crippen LogP contribution in [0.1, 0.15) is 54.1 Å². The maximum Gasteiger partial charge on any atom is 0.0426 e. The second-order valence-electron chi connectivity index (χ2n) is 5.88. The lowest BCUT2D eigenvalue weighted by Gasteiger charge is -2.31. The highest BCUT2D eigenvalue weighted by Crippen LogP contribution is 2.43. The third-order valence-electron chi connectivity index (χ3n) is 4.32. The molecule has 2 rings (SSSR count). The molecule has 18 heavy (non-hydrogen) atoms. The van der Waals surface area contributed by atoms with Crippen LogP contribution in [-0.2, 0) is 0 Å². The number of aryl methyl sites for hydroxylation is 2. The molecule has 1 saturated carbocycles. The smallest absolute Gasteiger partial charge is 0.0426 e. The topological polar surface area (TPSA) is 0 Å². The molecular weight excluding hydrogens is 352 g/mol. The maximum absolute atomic E-state index is 3.96. The molecule has 0 spiro atoms. The Bertz CT molecular complexity index is 417. The van der Waals surface area contributed by atoms with E-state index in [9.17, 15) is 0 Å². The largest absolute Gasteiger partial charge is 0.0836 e. The van der Waals surface area contributed by atoms with Crippen molar-refractivity contribution in [3.63, 3.8) is 0 Å². The lowest BCUT2D eigenvalue weighted by molar-refractivity contribution is 0.287. The minimum Gasteiger partial charge on any atom is -0.0836 e. The summed E-state index contributed by atoms with van der Waals surface area (Å²) in [7, 11) is 0. The highest BCUT2D eigenvalue weighted by atomic mass is 79.9. The number of hydrogen-bond donors (Lipinski definition) is 0. The fraction of sp³-hybridized carbons (Fsp3) is 0.625. The van der Waals surface area contributed by atoms with Gasteiger partial charge in [0.1, 0.15) is 0 Å². The van der Waals surface area contributed by atoms with Crippen LogP contribution in [-0.4, -0.2) is 0 Å². The van der Waals surface area contributed by atoms with E-state index in [4.69, 9.17) is 0 Å². The van der Waals surface area contributed by atoms with Gasteiger partial charge in [0.2, 0.25) is 0 Å². The normalized spacial score (nSPS) is 26.1. The summed E-state index contributed by atoms with van der Waals surface area (Å²) in [6.45, 7) is 6.78. The van der Waals surface area contributed by atoms with Gasteiger partial charge in [-0.2, -0.15) is 0 Å². The van der Waals surface area contributed by atoms with E-state index in [1.54, 1.807) is 0 Å². The molecule has 0 nitrogen and oxygen atoms in total. The molecule has 1 aliphatic rings. The monoisotopic (exact) mass is 372 g/mol. The highest BCUT2D eigenvalue weighted by molar-refractivity contribution is 9.10. The van der Waals surface area contributed by atoms with E-state index in [-0.39, 0.29) is 0 Å². The number of halogens is 2. The summed E-state index contributed by atoms with van der Waals surface area (Å²) in [6, 6.07) is 4.60. The first-order chi connectivity index (χ1) is 8.49. The second-order valence-corrected chi connectivity index (χ2v) is 7.72. The number of rotatable bonds is 2. The van der Waals surface area contributed by atoms with Gasteiger partial charge in [0.05, 0.1) is 0 Å². The molecule has 0 bridgehead atoms. The first-order valence-electron chi connectivity index (χ1n) is 6.89. The molecular formula is C16H22Br2. The predicted molar refractivity (Wildman–Crippen MR) is 86.4 cm³/mol.